The Kier molecular flexibility index (Phi) is 8.32. The fourth-order valence-corrected chi connectivity index (χ4v) is 3.39. The summed E-state index contributed by atoms with van der Waals surface area (Å²) in [5, 5.41) is 10.0. The van der Waals surface area contributed by atoms with Crippen molar-refractivity contribution < 1.29 is 28.2 Å². The summed E-state index contributed by atoms with van der Waals surface area (Å²) in [6.07, 6.45) is 5.64. The number of unbranched alkanes of at least 4 members (excludes halogenated alkanes) is 2. The van der Waals surface area contributed by atoms with Crippen molar-refractivity contribution in [1.29, 1.82) is 0 Å². The number of nitrogens with zero attached hydrogens (tertiary/aromatic N) is 1. The average molecular weight is 409 g/mol. The molecule has 0 saturated carbocycles. The van der Waals surface area contributed by atoms with Gasteiger partial charge in [-0.25, -0.2) is 4.79 Å². The smallest absolute Gasteiger partial charge is 0.337 e. The predicted molar refractivity (Wildman–Crippen MR) is 106 cm³/mol. The van der Waals surface area contributed by atoms with E-state index in [1.165, 1.54) is 24.2 Å². The van der Waals surface area contributed by atoms with Crippen molar-refractivity contribution >= 4 is 11.9 Å². The van der Waals surface area contributed by atoms with E-state index in [1.54, 1.807) is 24.3 Å². The Bertz CT molecular complexity index is 718. The number of rotatable bonds is 10. The molecule has 1 heterocycles. The van der Waals surface area contributed by atoms with Gasteiger partial charge in [0, 0.05) is 13.0 Å². The number of ether oxygens (including phenoxy) is 1. The second kappa shape index (κ2) is 10.5. The molecular formula is C22H29F2NO4. The molecule has 1 amide bonds. The molecule has 29 heavy (non-hydrogen) atoms. The van der Waals surface area contributed by atoms with Crippen molar-refractivity contribution in [1.82, 2.24) is 4.90 Å². The van der Waals surface area contributed by atoms with Crippen LogP contribution in [0, 0.1) is 0 Å². The molecule has 0 aliphatic carbocycles. The molecule has 2 rings (SSSR count). The number of halogens is 2. The molecule has 0 spiro atoms. The Hall–Kier alpha value is -2.28. The molecule has 1 aromatic carbocycles. The summed E-state index contributed by atoms with van der Waals surface area (Å²) in [6, 6.07) is 5.89. The molecule has 1 aliphatic rings. The molecule has 2 atom stereocenters. The predicted octanol–water partition coefficient (Wildman–Crippen LogP) is 3.75. The third kappa shape index (κ3) is 6.35. The molecule has 1 aromatic rings. The lowest BCUT2D eigenvalue weighted by molar-refractivity contribution is -0.148. The highest BCUT2D eigenvalue weighted by Gasteiger charge is 2.52. The number of aliphatic hydroxyl groups excluding tert-OH is 1. The molecule has 1 saturated heterocycles. The normalized spacial score (nSPS) is 19.7. The number of carbonyl (C=O) groups is 2. The van der Waals surface area contributed by atoms with E-state index < -0.39 is 36.4 Å². The first-order valence-corrected chi connectivity index (χ1v) is 10.0. The first-order valence-electron chi connectivity index (χ1n) is 10.0. The van der Waals surface area contributed by atoms with E-state index in [9.17, 15) is 23.5 Å². The number of benzene rings is 1. The van der Waals surface area contributed by atoms with Crippen molar-refractivity contribution in [2.24, 2.45) is 0 Å². The minimum absolute atomic E-state index is 0.132. The summed E-state index contributed by atoms with van der Waals surface area (Å²) in [5.74, 6) is -5.02. The maximum absolute atomic E-state index is 14.0. The minimum atomic E-state index is -3.39. The SMILES string of the molecule is CCCCC[C@H](O)/C=C/C1CC(F)(F)C(=O)N1CCc1ccc(C(=O)OC)cc1. The van der Waals surface area contributed by atoms with Crippen LogP contribution in [0.5, 0.6) is 0 Å². The molecule has 1 N–H and O–H groups in total. The number of esters is 1. The van der Waals surface area contributed by atoms with Crippen LogP contribution in [0.2, 0.25) is 0 Å². The summed E-state index contributed by atoms with van der Waals surface area (Å²) in [5.41, 5.74) is 1.22. The van der Waals surface area contributed by atoms with Gasteiger partial charge in [-0.2, -0.15) is 8.78 Å². The lowest BCUT2D eigenvalue weighted by Crippen LogP contribution is -2.37. The lowest BCUT2D eigenvalue weighted by Gasteiger charge is -2.22. The molecule has 7 heteroatoms. The number of amides is 1. The topological polar surface area (TPSA) is 66.8 Å². The van der Waals surface area contributed by atoms with Crippen LogP contribution >= 0.6 is 0 Å². The van der Waals surface area contributed by atoms with E-state index in [-0.39, 0.29) is 6.54 Å². The van der Waals surface area contributed by atoms with Gasteiger partial charge in [0.2, 0.25) is 0 Å². The molecule has 0 aromatic heterocycles. The zero-order chi connectivity index (χ0) is 21.4. The van der Waals surface area contributed by atoms with Crippen molar-refractivity contribution in [3.05, 3.63) is 47.5 Å². The first-order chi connectivity index (χ1) is 13.8. The van der Waals surface area contributed by atoms with Gasteiger partial charge >= 0.3 is 11.9 Å². The van der Waals surface area contributed by atoms with Crippen LogP contribution in [0.15, 0.2) is 36.4 Å². The minimum Gasteiger partial charge on any atom is -0.465 e. The molecule has 1 aliphatic heterocycles. The standard InChI is InChI=1S/C22H29F2NO4/c1-3-4-5-6-19(26)12-11-18-15-22(23,24)21(28)25(18)14-13-16-7-9-17(10-8-16)20(27)29-2/h7-12,18-19,26H,3-6,13-15H2,1-2H3/b12-11+/t18?,19-/m0/s1. The summed E-state index contributed by atoms with van der Waals surface area (Å²) in [6.45, 7) is 2.20. The number of hydrogen-bond donors (Lipinski definition) is 1. The zero-order valence-electron chi connectivity index (χ0n) is 16.9. The Balaban J connectivity index is 1.99. The van der Waals surface area contributed by atoms with Gasteiger partial charge in [-0.1, -0.05) is 50.5 Å². The Morgan fingerprint density at radius 1 is 1.34 bits per heavy atom. The van der Waals surface area contributed by atoms with Crippen LogP contribution in [-0.2, 0) is 16.0 Å². The highest BCUT2D eigenvalue weighted by Crippen LogP contribution is 2.34. The number of hydrogen-bond acceptors (Lipinski definition) is 4. The van der Waals surface area contributed by atoms with Gasteiger partial charge in [0.1, 0.15) is 0 Å². The third-order valence-corrected chi connectivity index (χ3v) is 5.11. The van der Waals surface area contributed by atoms with Gasteiger partial charge in [0.15, 0.2) is 0 Å². The number of carbonyl (C=O) groups excluding carboxylic acids is 2. The highest BCUT2D eigenvalue weighted by molar-refractivity contribution is 5.89. The van der Waals surface area contributed by atoms with E-state index in [4.69, 9.17) is 0 Å². The molecular weight excluding hydrogens is 380 g/mol. The zero-order valence-corrected chi connectivity index (χ0v) is 16.9. The quantitative estimate of drug-likeness (QED) is 0.363. The number of alkyl halides is 2. The third-order valence-electron chi connectivity index (χ3n) is 5.11. The van der Waals surface area contributed by atoms with Crippen LogP contribution in [0.4, 0.5) is 8.78 Å². The Morgan fingerprint density at radius 2 is 2.03 bits per heavy atom. The average Bonchev–Trinajstić information content (AvgIpc) is 2.93. The molecule has 0 radical (unpaired) electrons. The molecule has 1 unspecified atom stereocenters. The van der Waals surface area contributed by atoms with E-state index in [2.05, 4.69) is 11.7 Å². The summed E-state index contributed by atoms with van der Waals surface area (Å²) in [7, 11) is 1.30. The van der Waals surface area contributed by atoms with Crippen LogP contribution in [0.25, 0.3) is 0 Å². The summed E-state index contributed by atoms with van der Waals surface area (Å²) < 4.78 is 32.6. The number of aliphatic hydroxyl groups is 1. The molecule has 160 valence electrons. The lowest BCUT2D eigenvalue weighted by atomic mass is 10.1. The van der Waals surface area contributed by atoms with Gasteiger partial charge in [-0.3, -0.25) is 4.79 Å². The second-order valence-corrected chi connectivity index (χ2v) is 7.36. The largest absolute Gasteiger partial charge is 0.465 e. The fraction of sp³-hybridized carbons (Fsp3) is 0.545. The Morgan fingerprint density at radius 3 is 2.66 bits per heavy atom. The van der Waals surface area contributed by atoms with Gasteiger partial charge in [0.25, 0.3) is 5.91 Å². The van der Waals surface area contributed by atoms with Crippen molar-refractivity contribution in [2.75, 3.05) is 13.7 Å². The van der Waals surface area contributed by atoms with Crippen LogP contribution in [0.3, 0.4) is 0 Å². The molecule has 1 fully saturated rings. The first kappa shape index (κ1) is 23.0. The van der Waals surface area contributed by atoms with Gasteiger partial charge in [0.05, 0.1) is 24.8 Å². The number of methoxy groups -OCH3 is 1. The highest BCUT2D eigenvalue weighted by atomic mass is 19.3. The van der Waals surface area contributed by atoms with E-state index in [1.807, 2.05) is 0 Å². The summed E-state index contributed by atoms with van der Waals surface area (Å²) >= 11 is 0. The number of likely N-dealkylation sites (tertiary alicyclic amines) is 1. The monoisotopic (exact) mass is 409 g/mol. The summed E-state index contributed by atoms with van der Waals surface area (Å²) in [4.78, 5) is 24.8. The molecule has 0 bridgehead atoms. The van der Waals surface area contributed by atoms with Crippen molar-refractivity contribution in [3.8, 4) is 0 Å². The van der Waals surface area contributed by atoms with Crippen LogP contribution < -0.4 is 0 Å². The fourth-order valence-electron chi connectivity index (χ4n) is 3.39. The van der Waals surface area contributed by atoms with Crippen LogP contribution in [-0.4, -0.2) is 53.6 Å². The maximum Gasteiger partial charge on any atom is 0.337 e. The van der Waals surface area contributed by atoms with Gasteiger partial charge < -0.3 is 14.7 Å². The van der Waals surface area contributed by atoms with Crippen molar-refractivity contribution in [2.45, 2.75) is 63.5 Å². The maximum atomic E-state index is 14.0. The van der Waals surface area contributed by atoms with Crippen molar-refractivity contribution in [3.63, 3.8) is 0 Å². The van der Waals surface area contributed by atoms with Gasteiger partial charge in [-0.05, 0) is 30.5 Å². The second-order valence-electron chi connectivity index (χ2n) is 7.36. The molecule has 5 nitrogen and oxygen atoms in total. The van der Waals surface area contributed by atoms with E-state index >= 15 is 0 Å². The van der Waals surface area contributed by atoms with E-state index in [0.29, 0.717) is 18.4 Å². The van der Waals surface area contributed by atoms with Crippen LogP contribution in [0.1, 0.15) is 54.9 Å². The van der Waals surface area contributed by atoms with E-state index in [0.717, 1.165) is 24.8 Å². The van der Waals surface area contributed by atoms with Gasteiger partial charge in [-0.15, -0.1) is 0 Å². The Labute approximate surface area is 170 Å².